The Morgan fingerprint density at radius 3 is 2.44 bits per heavy atom. The fourth-order valence-corrected chi connectivity index (χ4v) is 3.51. The first kappa shape index (κ1) is 14.3. The zero-order valence-electron chi connectivity index (χ0n) is 12.5. The van der Waals surface area contributed by atoms with E-state index < -0.39 is 0 Å². The summed E-state index contributed by atoms with van der Waals surface area (Å²) in [5, 5.41) is 3.74. The molecule has 0 atom stereocenters. The predicted molar refractivity (Wildman–Crippen MR) is 78.9 cm³/mol. The Labute approximate surface area is 114 Å². The van der Waals surface area contributed by atoms with Crippen molar-refractivity contribution in [3.05, 3.63) is 0 Å². The number of likely N-dealkylation sites (tertiary alicyclic amines) is 1. The van der Waals surface area contributed by atoms with Gasteiger partial charge in [0.2, 0.25) is 0 Å². The van der Waals surface area contributed by atoms with Crippen LogP contribution in [0.5, 0.6) is 0 Å². The van der Waals surface area contributed by atoms with E-state index in [-0.39, 0.29) is 0 Å². The fraction of sp³-hybridized carbons (Fsp3) is 1.00. The molecule has 1 saturated carbocycles. The normalized spacial score (nSPS) is 26.3. The van der Waals surface area contributed by atoms with Crippen LogP contribution in [0.25, 0.3) is 0 Å². The number of nitrogens with one attached hydrogen (secondary N) is 1. The van der Waals surface area contributed by atoms with Gasteiger partial charge in [-0.3, -0.25) is 0 Å². The van der Waals surface area contributed by atoms with Crippen molar-refractivity contribution in [1.29, 1.82) is 0 Å². The molecule has 2 rings (SSSR count). The average Bonchev–Trinajstić information content (AvgIpc) is 2.40. The number of hydrogen-bond donors (Lipinski definition) is 1. The molecular weight excluding hydrogens is 220 g/mol. The van der Waals surface area contributed by atoms with E-state index in [0.29, 0.717) is 5.41 Å². The minimum atomic E-state index is 0.555. The van der Waals surface area contributed by atoms with Crippen LogP contribution in [-0.4, -0.2) is 38.1 Å². The first-order chi connectivity index (χ1) is 8.68. The lowest BCUT2D eigenvalue weighted by Crippen LogP contribution is -2.42. The van der Waals surface area contributed by atoms with Gasteiger partial charge >= 0.3 is 0 Å². The van der Waals surface area contributed by atoms with Crippen LogP contribution in [-0.2, 0) is 0 Å². The average molecular weight is 252 g/mol. The number of nitrogens with zero attached hydrogens (tertiary/aromatic N) is 1. The Morgan fingerprint density at radius 2 is 1.78 bits per heavy atom. The molecule has 2 aliphatic rings. The van der Waals surface area contributed by atoms with Gasteiger partial charge < -0.3 is 10.2 Å². The molecule has 2 heteroatoms. The van der Waals surface area contributed by atoms with E-state index in [4.69, 9.17) is 0 Å². The van der Waals surface area contributed by atoms with E-state index >= 15 is 0 Å². The van der Waals surface area contributed by atoms with E-state index in [9.17, 15) is 0 Å². The molecule has 0 bridgehead atoms. The molecule has 1 heterocycles. The van der Waals surface area contributed by atoms with Gasteiger partial charge in [-0.15, -0.1) is 0 Å². The highest BCUT2D eigenvalue weighted by atomic mass is 15.1. The largest absolute Gasteiger partial charge is 0.316 e. The number of rotatable bonds is 5. The lowest BCUT2D eigenvalue weighted by atomic mass is 9.80. The Balaban J connectivity index is 1.57. The molecule has 0 amide bonds. The van der Waals surface area contributed by atoms with Crippen LogP contribution in [0, 0.1) is 11.3 Å². The van der Waals surface area contributed by atoms with Crippen LogP contribution in [0.1, 0.15) is 58.3 Å². The highest BCUT2D eigenvalue weighted by Gasteiger charge is 2.28. The van der Waals surface area contributed by atoms with Crippen LogP contribution in [0.3, 0.4) is 0 Å². The van der Waals surface area contributed by atoms with Crippen molar-refractivity contribution in [1.82, 2.24) is 10.2 Å². The molecule has 1 saturated heterocycles. The first-order valence-corrected chi connectivity index (χ1v) is 8.07. The van der Waals surface area contributed by atoms with Crippen LogP contribution in [0.4, 0.5) is 0 Å². The summed E-state index contributed by atoms with van der Waals surface area (Å²) in [6.45, 7) is 7.50. The molecule has 0 aromatic heterocycles. The van der Waals surface area contributed by atoms with Gasteiger partial charge in [-0.1, -0.05) is 39.0 Å². The molecule has 18 heavy (non-hydrogen) atoms. The van der Waals surface area contributed by atoms with Gasteiger partial charge in [-0.2, -0.15) is 0 Å². The molecule has 1 aliphatic heterocycles. The van der Waals surface area contributed by atoms with Gasteiger partial charge in [0, 0.05) is 6.54 Å². The highest BCUT2D eigenvalue weighted by Crippen LogP contribution is 2.30. The molecule has 1 N–H and O–H groups in total. The molecule has 2 nitrogen and oxygen atoms in total. The molecule has 106 valence electrons. The van der Waals surface area contributed by atoms with Crippen molar-refractivity contribution >= 4 is 0 Å². The van der Waals surface area contributed by atoms with Gasteiger partial charge in [-0.05, 0) is 57.3 Å². The van der Waals surface area contributed by atoms with E-state index in [1.807, 2.05) is 0 Å². The molecule has 0 unspecified atom stereocenters. The van der Waals surface area contributed by atoms with Crippen molar-refractivity contribution in [2.24, 2.45) is 11.3 Å². The van der Waals surface area contributed by atoms with Gasteiger partial charge in [0.05, 0.1) is 0 Å². The SMILES string of the molecule is CN1CCC(C)(CNCCC2CCCCC2)CC1. The second-order valence-corrected chi connectivity index (χ2v) is 7.08. The summed E-state index contributed by atoms with van der Waals surface area (Å²) in [5.74, 6) is 1.02. The Morgan fingerprint density at radius 1 is 1.11 bits per heavy atom. The predicted octanol–water partition coefficient (Wildman–Crippen LogP) is 3.28. The van der Waals surface area contributed by atoms with E-state index in [2.05, 4.69) is 24.2 Å². The smallest absolute Gasteiger partial charge is 0.000612 e. The Hall–Kier alpha value is -0.0800. The third-order valence-electron chi connectivity index (χ3n) is 5.20. The lowest BCUT2D eigenvalue weighted by molar-refractivity contribution is 0.136. The topological polar surface area (TPSA) is 15.3 Å². The number of hydrogen-bond acceptors (Lipinski definition) is 2. The Bertz CT molecular complexity index is 225. The van der Waals surface area contributed by atoms with E-state index in [1.54, 1.807) is 0 Å². The van der Waals surface area contributed by atoms with Crippen molar-refractivity contribution in [2.45, 2.75) is 58.3 Å². The number of piperidine rings is 1. The van der Waals surface area contributed by atoms with Gasteiger partial charge in [0.25, 0.3) is 0 Å². The quantitative estimate of drug-likeness (QED) is 0.755. The highest BCUT2D eigenvalue weighted by molar-refractivity contribution is 4.83. The third-order valence-corrected chi connectivity index (χ3v) is 5.20. The van der Waals surface area contributed by atoms with Crippen molar-refractivity contribution in [2.75, 3.05) is 33.2 Å². The standard InChI is InChI=1S/C16H32N2/c1-16(9-12-18(2)13-10-16)14-17-11-8-15-6-4-3-5-7-15/h15,17H,3-14H2,1-2H3. The van der Waals surface area contributed by atoms with Crippen LogP contribution >= 0.6 is 0 Å². The summed E-state index contributed by atoms with van der Waals surface area (Å²) in [6.07, 6.45) is 11.6. The summed E-state index contributed by atoms with van der Waals surface area (Å²) in [5.41, 5.74) is 0.555. The van der Waals surface area contributed by atoms with Crippen LogP contribution < -0.4 is 5.32 Å². The van der Waals surface area contributed by atoms with Gasteiger partial charge in [0.15, 0.2) is 0 Å². The van der Waals surface area contributed by atoms with Crippen LogP contribution in [0.15, 0.2) is 0 Å². The summed E-state index contributed by atoms with van der Waals surface area (Å²) >= 11 is 0. The van der Waals surface area contributed by atoms with Crippen molar-refractivity contribution < 1.29 is 0 Å². The van der Waals surface area contributed by atoms with Crippen molar-refractivity contribution in [3.63, 3.8) is 0 Å². The summed E-state index contributed by atoms with van der Waals surface area (Å²) < 4.78 is 0. The van der Waals surface area contributed by atoms with Gasteiger partial charge in [-0.25, -0.2) is 0 Å². The molecule has 0 aromatic rings. The zero-order chi connectivity index (χ0) is 12.8. The maximum absolute atomic E-state index is 3.74. The minimum Gasteiger partial charge on any atom is -0.316 e. The Kier molecular flexibility index (Phi) is 5.50. The van der Waals surface area contributed by atoms with Gasteiger partial charge in [0.1, 0.15) is 0 Å². The first-order valence-electron chi connectivity index (χ1n) is 8.07. The lowest BCUT2D eigenvalue weighted by Gasteiger charge is -2.38. The summed E-state index contributed by atoms with van der Waals surface area (Å²) in [7, 11) is 2.25. The van der Waals surface area contributed by atoms with E-state index in [0.717, 1.165) is 5.92 Å². The van der Waals surface area contributed by atoms with E-state index in [1.165, 1.54) is 77.5 Å². The zero-order valence-corrected chi connectivity index (χ0v) is 12.5. The maximum Gasteiger partial charge on any atom is 0.000612 e. The molecule has 1 aliphatic carbocycles. The molecule has 0 radical (unpaired) electrons. The van der Waals surface area contributed by atoms with Crippen molar-refractivity contribution in [3.8, 4) is 0 Å². The third kappa shape index (κ3) is 4.55. The fourth-order valence-electron chi connectivity index (χ4n) is 3.51. The second-order valence-electron chi connectivity index (χ2n) is 7.08. The molecule has 0 spiro atoms. The molecule has 0 aromatic carbocycles. The summed E-state index contributed by atoms with van der Waals surface area (Å²) in [6, 6.07) is 0. The molecular formula is C16H32N2. The summed E-state index contributed by atoms with van der Waals surface area (Å²) in [4.78, 5) is 2.46. The monoisotopic (exact) mass is 252 g/mol. The second kappa shape index (κ2) is 6.91. The molecule has 2 fully saturated rings. The maximum atomic E-state index is 3.74. The minimum absolute atomic E-state index is 0.555. The van der Waals surface area contributed by atoms with Crippen LogP contribution in [0.2, 0.25) is 0 Å².